The van der Waals surface area contributed by atoms with Gasteiger partial charge in [0.1, 0.15) is 5.75 Å². The Morgan fingerprint density at radius 1 is 1.47 bits per heavy atom. The monoisotopic (exact) mass is 342 g/mol. The van der Waals surface area contributed by atoms with Crippen LogP contribution in [0, 0.1) is 0 Å². The van der Waals surface area contributed by atoms with Gasteiger partial charge < -0.3 is 9.84 Å². The lowest BCUT2D eigenvalue weighted by molar-refractivity contribution is -0.137. The maximum Gasteiger partial charge on any atom is 0.306 e. The van der Waals surface area contributed by atoms with Gasteiger partial charge >= 0.3 is 5.97 Å². The molecule has 5 nitrogen and oxygen atoms in total. The number of hydrogen-bond acceptors (Lipinski definition) is 4. The second-order valence-corrected chi connectivity index (χ2v) is 6.41. The van der Waals surface area contributed by atoms with Crippen LogP contribution in [-0.4, -0.2) is 26.1 Å². The van der Waals surface area contributed by atoms with E-state index in [1.807, 2.05) is 0 Å². The van der Waals surface area contributed by atoms with Gasteiger partial charge in [-0.15, -0.1) is 0 Å². The first-order valence-corrected chi connectivity index (χ1v) is 7.50. The molecule has 17 heavy (non-hydrogen) atoms. The molecule has 8 heteroatoms. The fourth-order valence-electron chi connectivity index (χ4n) is 1.03. The van der Waals surface area contributed by atoms with Gasteiger partial charge in [-0.25, -0.2) is 8.42 Å². The largest absolute Gasteiger partial charge is 0.493 e. The zero-order chi connectivity index (χ0) is 13.1. The minimum absolute atomic E-state index is 0.00868. The second kappa shape index (κ2) is 5.70. The molecule has 0 aliphatic carbocycles. The van der Waals surface area contributed by atoms with E-state index in [-0.39, 0.29) is 22.4 Å². The van der Waals surface area contributed by atoms with Crippen LogP contribution in [0.15, 0.2) is 27.6 Å². The van der Waals surface area contributed by atoms with E-state index in [1.54, 1.807) is 0 Å². The summed E-state index contributed by atoms with van der Waals surface area (Å²) >= 11 is 3.04. The Morgan fingerprint density at radius 3 is 2.59 bits per heavy atom. The molecule has 0 radical (unpaired) electrons. The highest BCUT2D eigenvalue weighted by Gasteiger charge is 2.14. The topological polar surface area (TPSA) is 80.7 Å². The molecular weight excluding hydrogens is 336 g/mol. The van der Waals surface area contributed by atoms with Gasteiger partial charge in [0.05, 0.1) is 17.9 Å². The minimum Gasteiger partial charge on any atom is -0.493 e. The van der Waals surface area contributed by atoms with Crippen LogP contribution in [0.25, 0.3) is 0 Å². The molecule has 1 aromatic rings. The molecule has 0 aliphatic rings. The lowest BCUT2D eigenvalue weighted by Gasteiger charge is -2.06. The molecule has 0 heterocycles. The molecule has 1 rings (SSSR count). The minimum atomic E-state index is -3.81. The molecule has 0 fully saturated rings. The Labute approximate surface area is 111 Å². The Kier molecular flexibility index (Phi) is 4.79. The van der Waals surface area contributed by atoms with E-state index < -0.39 is 15.0 Å². The van der Waals surface area contributed by atoms with E-state index in [0.29, 0.717) is 5.75 Å². The quantitative estimate of drug-likeness (QED) is 0.829. The fourth-order valence-corrected chi connectivity index (χ4v) is 3.23. The third-order valence-corrected chi connectivity index (χ3v) is 4.05. The van der Waals surface area contributed by atoms with Gasteiger partial charge in [-0.3, -0.25) is 4.79 Å². The molecule has 0 saturated carbocycles. The summed E-state index contributed by atoms with van der Waals surface area (Å²) < 4.78 is 27.6. The summed E-state index contributed by atoms with van der Waals surface area (Å²) in [4.78, 5) is 10.2. The van der Waals surface area contributed by atoms with Crippen LogP contribution in [0.1, 0.15) is 6.42 Å². The Hall–Kier alpha value is -0.790. The van der Waals surface area contributed by atoms with E-state index in [0.717, 1.165) is 0 Å². The van der Waals surface area contributed by atoms with Crippen molar-refractivity contribution >= 4 is 41.6 Å². The van der Waals surface area contributed by atoms with Gasteiger partial charge in [0.15, 0.2) is 0 Å². The van der Waals surface area contributed by atoms with E-state index >= 15 is 0 Å². The molecule has 0 unspecified atom stereocenters. The summed E-state index contributed by atoms with van der Waals surface area (Å²) in [5.41, 5.74) is 0. The van der Waals surface area contributed by atoms with E-state index in [9.17, 15) is 13.2 Å². The standard InChI is InChI=1S/C9H8BrClO5S/c10-7-5-6(16-4-3-9(12)13)1-2-8(7)17(11,14)15/h1-2,5H,3-4H2,(H,12,13). The summed E-state index contributed by atoms with van der Waals surface area (Å²) in [6.07, 6.45) is -0.132. The van der Waals surface area contributed by atoms with Crippen molar-refractivity contribution in [2.45, 2.75) is 11.3 Å². The molecule has 0 saturated heterocycles. The van der Waals surface area contributed by atoms with Crippen LogP contribution in [0.5, 0.6) is 5.75 Å². The Bertz CT molecular complexity index is 528. The highest BCUT2D eigenvalue weighted by Crippen LogP contribution is 2.28. The molecule has 0 aromatic heterocycles. The number of aliphatic carboxylic acids is 1. The van der Waals surface area contributed by atoms with Crippen LogP contribution in [0.2, 0.25) is 0 Å². The number of benzene rings is 1. The van der Waals surface area contributed by atoms with E-state index in [4.69, 9.17) is 20.5 Å². The SMILES string of the molecule is O=C(O)CCOc1ccc(S(=O)(=O)Cl)c(Br)c1. The van der Waals surface area contributed by atoms with E-state index in [2.05, 4.69) is 15.9 Å². The second-order valence-electron chi connectivity index (χ2n) is 3.02. The molecule has 1 aromatic carbocycles. The first-order chi connectivity index (χ1) is 7.80. The smallest absolute Gasteiger partial charge is 0.306 e. The average molecular weight is 344 g/mol. The summed E-state index contributed by atoms with van der Waals surface area (Å²) in [5, 5.41) is 8.41. The predicted octanol–water partition coefficient (Wildman–Crippen LogP) is 2.23. The summed E-state index contributed by atoms with van der Waals surface area (Å²) in [6.45, 7) is 0.00868. The van der Waals surface area contributed by atoms with Gasteiger partial charge in [-0.2, -0.15) is 0 Å². The van der Waals surface area contributed by atoms with Crippen LogP contribution < -0.4 is 4.74 Å². The van der Waals surface area contributed by atoms with Crippen molar-refractivity contribution in [1.82, 2.24) is 0 Å². The number of carbonyl (C=O) groups is 1. The van der Waals surface area contributed by atoms with Crippen LogP contribution >= 0.6 is 26.6 Å². The lowest BCUT2D eigenvalue weighted by Crippen LogP contribution is -2.05. The number of ether oxygens (including phenoxy) is 1. The average Bonchev–Trinajstić information content (AvgIpc) is 2.14. The zero-order valence-electron chi connectivity index (χ0n) is 8.39. The van der Waals surface area contributed by atoms with Gasteiger partial charge in [-0.1, -0.05) is 0 Å². The summed E-state index contributed by atoms with van der Waals surface area (Å²) in [5.74, 6) is -0.605. The van der Waals surface area contributed by atoms with Gasteiger partial charge in [-0.05, 0) is 34.1 Å². The summed E-state index contributed by atoms with van der Waals surface area (Å²) in [6, 6.07) is 4.10. The molecule has 0 aliphatic heterocycles. The van der Waals surface area contributed by atoms with Gasteiger partial charge in [0.25, 0.3) is 9.05 Å². The van der Waals surface area contributed by atoms with Crippen molar-refractivity contribution in [2.24, 2.45) is 0 Å². The predicted molar refractivity (Wildman–Crippen MR) is 64.9 cm³/mol. The van der Waals surface area contributed by atoms with Crippen LogP contribution in [0.3, 0.4) is 0 Å². The van der Waals surface area contributed by atoms with Crippen molar-refractivity contribution in [1.29, 1.82) is 0 Å². The number of carboxylic acid groups (broad SMARTS) is 1. The van der Waals surface area contributed by atoms with Crippen molar-refractivity contribution in [3.8, 4) is 5.75 Å². The third-order valence-electron chi connectivity index (χ3n) is 1.75. The molecular formula is C9H8BrClO5S. The first-order valence-electron chi connectivity index (χ1n) is 4.39. The van der Waals surface area contributed by atoms with E-state index in [1.165, 1.54) is 18.2 Å². The number of rotatable bonds is 5. The molecule has 0 spiro atoms. The first kappa shape index (κ1) is 14.3. The van der Waals surface area contributed by atoms with Gasteiger partial charge in [0, 0.05) is 15.2 Å². The molecule has 0 atom stereocenters. The zero-order valence-corrected chi connectivity index (χ0v) is 11.5. The van der Waals surface area contributed by atoms with Crippen molar-refractivity contribution in [2.75, 3.05) is 6.61 Å². The van der Waals surface area contributed by atoms with Crippen molar-refractivity contribution < 1.29 is 23.1 Å². The van der Waals surface area contributed by atoms with Crippen molar-refractivity contribution in [3.63, 3.8) is 0 Å². The highest BCUT2D eigenvalue weighted by molar-refractivity contribution is 9.10. The van der Waals surface area contributed by atoms with Crippen LogP contribution in [-0.2, 0) is 13.8 Å². The third kappa shape index (κ3) is 4.53. The lowest BCUT2D eigenvalue weighted by atomic mass is 10.3. The van der Waals surface area contributed by atoms with Crippen molar-refractivity contribution in [3.05, 3.63) is 22.7 Å². The highest BCUT2D eigenvalue weighted by atomic mass is 79.9. The fraction of sp³-hybridized carbons (Fsp3) is 0.222. The molecule has 0 amide bonds. The number of halogens is 2. The van der Waals surface area contributed by atoms with Crippen LogP contribution in [0.4, 0.5) is 0 Å². The maximum atomic E-state index is 11.1. The molecule has 94 valence electrons. The maximum absolute atomic E-state index is 11.1. The molecule has 0 bridgehead atoms. The Morgan fingerprint density at radius 2 is 2.12 bits per heavy atom. The van der Waals surface area contributed by atoms with Gasteiger partial charge in [0.2, 0.25) is 0 Å². The summed E-state index contributed by atoms with van der Waals surface area (Å²) in [7, 11) is 1.38. The Balaban J connectivity index is 2.79. The number of carboxylic acids is 1. The normalized spacial score (nSPS) is 11.2. The number of hydrogen-bond donors (Lipinski definition) is 1. The molecule has 1 N–H and O–H groups in total.